The summed E-state index contributed by atoms with van der Waals surface area (Å²) in [5.41, 5.74) is 1.07. The summed E-state index contributed by atoms with van der Waals surface area (Å²) in [5, 5.41) is 8.93. The zero-order valence-corrected chi connectivity index (χ0v) is 18.5. The molecule has 1 saturated heterocycles. The minimum Gasteiger partial charge on any atom is -0.356 e. The van der Waals surface area contributed by atoms with Crippen LogP contribution in [0.25, 0.3) is 10.9 Å². The molecule has 0 aliphatic carbocycles. The van der Waals surface area contributed by atoms with E-state index >= 15 is 0 Å². The number of aromatic nitrogens is 5. The first kappa shape index (κ1) is 20.4. The van der Waals surface area contributed by atoms with E-state index in [2.05, 4.69) is 53.0 Å². The van der Waals surface area contributed by atoms with Crippen molar-refractivity contribution in [3.8, 4) is 0 Å². The van der Waals surface area contributed by atoms with Gasteiger partial charge in [-0.3, -0.25) is 4.68 Å². The van der Waals surface area contributed by atoms with Crippen LogP contribution in [0.4, 0.5) is 23.4 Å². The lowest BCUT2D eigenvalue weighted by atomic mass is 10.3. The summed E-state index contributed by atoms with van der Waals surface area (Å²) in [6.45, 7) is 9.50. The van der Waals surface area contributed by atoms with E-state index in [1.807, 2.05) is 29.2 Å². The maximum absolute atomic E-state index is 4.86. The molecule has 8 heteroatoms. The zero-order valence-electron chi connectivity index (χ0n) is 18.5. The van der Waals surface area contributed by atoms with Crippen LogP contribution in [-0.2, 0) is 0 Å². The van der Waals surface area contributed by atoms with Crippen molar-refractivity contribution in [2.75, 3.05) is 41.8 Å². The lowest BCUT2D eigenvalue weighted by molar-refractivity contribution is 0.551. The van der Waals surface area contributed by atoms with Crippen molar-refractivity contribution in [3.05, 3.63) is 24.5 Å². The van der Waals surface area contributed by atoms with Crippen molar-refractivity contribution in [1.29, 1.82) is 0 Å². The molecule has 0 bridgehead atoms. The Hall–Kier alpha value is -2.90. The van der Waals surface area contributed by atoms with Crippen LogP contribution in [0.3, 0.4) is 0 Å². The molecular weight excluding hydrogens is 376 g/mol. The van der Waals surface area contributed by atoms with Crippen LogP contribution in [0.2, 0.25) is 0 Å². The smallest absolute Gasteiger partial charge is 0.229 e. The second-order valence-corrected chi connectivity index (χ2v) is 8.32. The van der Waals surface area contributed by atoms with E-state index in [1.165, 1.54) is 12.8 Å². The molecule has 160 valence electrons. The quantitative estimate of drug-likeness (QED) is 0.593. The highest BCUT2D eigenvalue weighted by Gasteiger charge is 2.18. The summed E-state index contributed by atoms with van der Waals surface area (Å²) < 4.78 is 2.02. The van der Waals surface area contributed by atoms with Crippen molar-refractivity contribution >= 4 is 34.3 Å². The molecule has 3 aromatic heterocycles. The molecule has 3 aromatic rings. The van der Waals surface area contributed by atoms with Crippen molar-refractivity contribution < 1.29 is 0 Å². The van der Waals surface area contributed by atoms with Crippen molar-refractivity contribution in [3.63, 3.8) is 0 Å². The fourth-order valence-electron chi connectivity index (χ4n) is 3.81. The van der Waals surface area contributed by atoms with E-state index in [1.54, 1.807) is 0 Å². The molecule has 0 aromatic carbocycles. The lowest BCUT2D eigenvalue weighted by Gasteiger charge is -2.22. The Morgan fingerprint density at radius 3 is 2.63 bits per heavy atom. The third-order valence-electron chi connectivity index (χ3n) is 5.54. The van der Waals surface area contributed by atoms with Crippen LogP contribution in [-0.4, -0.2) is 51.4 Å². The Labute approximate surface area is 178 Å². The van der Waals surface area contributed by atoms with Gasteiger partial charge in [-0.1, -0.05) is 13.3 Å². The normalized spacial score (nSPS) is 14.1. The van der Waals surface area contributed by atoms with E-state index in [-0.39, 0.29) is 6.04 Å². The van der Waals surface area contributed by atoms with Gasteiger partial charge in [-0.05, 0) is 33.1 Å². The summed E-state index contributed by atoms with van der Waals surface area (Å²) >= 11 is 0. The van der Waals surface area contributed by atoms with Gasteiger partial charge < -0.3 is 15.1 Å². The minimum absolute atomic E-state index is 0.289. The van der Waals surface area contributed by atoms with E-state index in [4.69, 9.17) is 9.97 Å². The molecule has 30 heavy (non-hydrogen) atoms. The first-order valence-electron chi connectivity index (χ1n) is 11.0. The third kappa shape index (κ3) is 4.32. The molecule has 1 N–H and O–H groups in total. The highest BCUT2D eigenvalue weighted by atomic mass is 15.3. The highest BCUT2D eigenvalue weighted by Crippen LogP contribution is 2.26. The lowest BCUT2D eigenvalue weighted by Crippen LogP contribution is -2.24. The number of anilines is 4. The predicted octanol–water partition coefficient (Wildman–Crippen LogP) is 4.38. The Morgan fingerprint density at radius 2 is 1.90 bits per heavy atom. The molecule has 0 radical (unpaired) electrons. The number of nitrogens with one attached hydrogen (secondary N) is 1. The first-order chi connectivity index (χ1) is 14.5. The van der Waals surface area contributed by atoms with E-state index < -0.39 is 0 Å². The average Bonchev–Trinajstić information content (AvgIpc) is 3.41. The maximum atomic E-state index is 4.86. The standard InChI is InChI=1S/C22H32N8/c1-5-6-9-28(4)22-26-20(13-21(27-22)29-10-7-8-11-29)25-19-12-18-17(14-23-19)15-24-30(18)16(2)3/h12-16H,5-11H2,1-4H3,(H,23,25,26,27). The molecule has 0 spiro atoms. The van der Waals surface area contributed by atoms with Crippen molar-refractivity contribution in [2.45, 2.75) is 52.5 Å². The molecule has 4 heterocycles. The third-order valence-corrected chi connectivity index (χ3v) is 5.54. The molecule has 1 aliphatic heterocycles. The van der Waals surface area contributed by atoms with Gasteiger partial charge in [0.2, 0.25) is 5.95 Å². The second-order valence-electron chi connectivity index (χ2n) is 8.32. The Balaban J connectivity index is 1.66. The van der Waals surface area contributed by atoms with Gasteiger partial charge in [0.1, 0.15) is 17.5 Å². The SMILES string of the molecule is CCCCN(C)c1nc(Nc2cc3c(cn2)cnn3C(C)C)cc(N2CCCC2)n1. The number of rotatable bonds is 8. The van der Waals surface area contributed by atoms with Crippen LogP contribution in [0.1, 0.15) is 52.5 Å². The van der Waals surface area contributed by atoms with Gasteiger partial charge >= 0.3 is 0 Å². The van der Waals surface area contributed by atoms with Crippen molar-refractivity contribution in [2.24, 2.45) is 0 Å². The fraction of sp³-hybridized carbons (Fsp3) is 0.545. The molecule has 0 amide bonds. The Morgan fingerprint density at radius 1 is 1.10 bits per heavy atom. The average molecular weight is 409 g/mol. The van der Waals surface area contributed by atoms with Crippen LogP contribution in [0.5, 0.6) is 0 Å². The number of hydrogen-bond acceptors (Lipinski definition) is 7. The van der Waals surface area contributed by atoms with Gasteiger partial charge in [-0.15, -0.1) is 0 Å². The molecule has 4 rings (SSSR count). The number of hydrogen-bond donors (Lipinski definition) is 1. The van der Waals surface area contributed by atoms with Crippen LogP contribution >= 0.6 is 0 Å². The van der Waals surface area contributed by atoms with E-state index in [0.29, 0.717) is 0 Å². The van der Waals surface area contributed by atoms with Gasteiger partial charge in [-0.25, -0.2) is 4.98 Å². The Bertz CT molecular complexity index is 990. The molecule has 0 saturated carbocycles. The molecule has 1 aliphatic rings. The first-order valence-corrected chi connectivity index (χ1v) is 11.0. The molecule has 1 fully saturated rings. The van der Waals surface area contributed by atoms with Crippen LogP contribution in [0.15, 0.2) is 24.5 Å². The maximum Gasteiger partial charge on any atom is 0.229 e. The van der Waals surface area contributed by atoms with Crippen LogP contribution < -0.4 is 15.1 Å². The number of fused-ring (bicyclic) bond motifs is 1. The summed E-state index contributed by atoms with van der Waals surface area (Å²) in [6, 6.07) is 4.37. The Kier molecular flexibility index (Phi) is 6.01. The molecule has 0 unspecified atom stereocenters. The minimum atomic E-state index is 0.289. The fourth-order valence-corrected chi connectivity index (χ4v) is 3.81. The van der Waals surface area contributed by atoms with Gasteiger partial charge in [0.15, 0.2) is 0 Å². The molecule has 0 atom stereocenters. The summed E-state index contributed by atoms with van der Waals surface area (Å²) in [6.07, 6.45) is 8.42. The number of pyridine rings is 1. The number of unbranched alkanes of at least 4 members (excludes halogenated alkanes) is 1. The summed E-state index contributed by atoms with van der Waals surface area (Å²) in [4.78, 5) is 18.7. The van der Waals surface area contributed by atoms with E-state index in [0.717, 1.165) is 66.8 Å². The molecular formula is C22H32N8. The van der Waals surface area contributed by atoms with Crippen LogP contribution in [0, 0.1) is 0 Å². The van der Waals surface area contributed by atoms with Gasteiger partial charge in [0, 0.05) is 56.4 Å². The second kappa shape index (κ2) is 8.85. The zero-order chi connectivity index (χ0) is 21.1. The summed E-state index contributed by atoms with van der Waals surface area (Å²) in [7, 11) is 2.06. The monoisotopic (exact) mass is 408 g/mol. The summed E-state index contributed by atoms with van der Waals surface area (Å²) in [5.74, 6) is 3.27. The number of nitrogens with zero attached hydrogens (tertiary/aromatic N) is 7. The van der Waals surface area contributed by atoms with Gasteiger partial charge in [-0.2, -0.15) is 15.1 Å². The largest absolute Gasteiger partial charge is 0.356 e. The van der Waals surface area contributed by atoms with Crippen molar-refractivity contribution in [1.82, 2.24) is 24.7 Å². The van der Waals surface area contributed by atoms with Gasteiger partial charge in [0.25, 0.3) is 0 Å². The topological polar surface area (TPSA) is 75.0 Å². The highest BCUT2D eigenvalue weighted by molar-refractivity contribution is 5.81. The molecule has 8 nitrogen and oxygen atoms in total. The predicted molar refractivity (Wildman–Crippen MR) is 123 cm³/mol. The van der Waals surface area contributed by atoms with Gasteiger partial charge in [0.05, 0.1) is 11.7 Å². The van der Waals surface area contributed by atoms with E-state index in [9.17, 15) is 0 Å².